The van der Waals surface area contributed by atoms with E-state index in [0.29, 0.717) is 17.0 Å². The molecule has 226 valence electrons. The Balaban J connectivity index is 1.41. The third-order valence-corrected chi connectivity index (χ3v) is 6.59. The molecule has 0 spiro atoms. The second-order valence-electron chi connectivity index (χ2n) is 10.7. The molecule has 0 atom stereocenters. The molecule has 2 amide bonds. The minimum Gasteiger partial charge on any atom is -0.496 e. The number of hydrogen-bond donors (Lipinski definition) is 2. The fraction of sp³-hybridized carbons (Fsp3) is 0.194. The first kappa shape index (κ1) is 29.9. The number of methoxy groups -OCH3 is 1. The molecule has 2 aromatic heterocycles. The molecule has 0 radical (unpaired) electrons. The first-order chi connectivity index (χ1) is 20.9. The van der Waals surface area contributed by atoms with Gasteiger partial charge in [0.2, 0.25) is 0 Å². The summed E-state index contributed by atoms with van der Waals surface area (Å²) in [6.07, 6.45) is 0.250. The zero-order chi connectivity index (χ0) is 31.6. The van der Waals surface area contributed by atoms with Gasteiger partial charge in [0.05, 0.1) is 24.6 Å². The first-order valence-corrected chi connectivity index (χ1v) is 13.4. The number of aromatic nitrogens is 4. The van der Waals surface area contributed by atoms with Crippen molar-refractivity contribution in [3.63, 3.8) is 0 Å². The summed E-state index contributed by atoms with van der Waals surface area (Å²) in [4.78, 5) is 26.6. The highest BCUT2D eigenvalue weighted by Gasteiger charge is 2.41. The number of amides is 2. The second-order valence-corrected chi connectivity index (χ2v) is 10.7. The van der Waals surface area contributed by atoms with Crippen LogP contribution >= 0.6 is 0 Å². The highest BCUT2D eigenvalue weighted by Crippen LogP contribution is 2.38. The van der Waals surface area contributed by atoms with Crippen molar-refractivity contribution in [3.05, 3.63) is 102 Å². The van der Waals surface area contributed by atoms with Gasteiger partial charge in [0.1, 0.15) is 11.4 Å². The van der Waals surface area contributed by atoms with Crippen molar-refractivity contribution >= 4 is 23.5 Å². The standard InChI is InChI=1S/C31H28F2N6O5/c1-30(2,3)39(29(41)42)23-18-38(21-10-6-5-7-11-21)37-25(23)34-26(40)19-14-16-20(17-15-19)31(32,33)28-36-35-27(44-28)22-12-8-9-13-24(22)43-4/h5-18H,1-4H3,(H,41,42)(H,34,37,40). The molecule has 11 nitrogen and oxygen atoms in total. The van der Waals surface area contributed by atoms with E-state index in [-0.39, 0.29) is 23.0 Å². The highest BCUT2D eigenvalue weighted by atomic mass is 19.3. The molecule has 0 aliphatic rings. The van der Waals surface area contributed by atoms with E-state index in [0.717, 1.165) is 17.0 Å². The van der Waals surface area contributed by atoms with Crippen LogP contribution in [0.25, 0.3) is 17.1 Å². The number of halogens is 2. The van der Waals surface area contributed by atoms with E-state index in [1.807, 2.05) is 6.07 Å². The van der Waals surface area contributed by atoms with Crippen LogP contribution in [0.15, 0.2) is 89.5 Å². The number of carbonyl (C=O) groups is 2. The predicted octanol–water partition coefficient (Wildman–Crippen LogP) is 6.61. The number of carbonyl (C=O) groups excluding carboxylic acids is 1. The largest absolute Gasteiger partial charge is 0.496 e. The summed E-state index contributed by atoms with van der Waals surface area (Å²) in [5.74, 6) is -5.06. The topological polar surface area (TPSA) is 136 Å². The molecule has 0 unspecified atom stereocenters. The fourth-order valence-electron chi connectivity index (χ4n) is 4.50. The molecular formula is C31H28F2N6O5. The lowest BCUT2D eigenvalue weighted by Gasteiger charge is -2.32. The van der Waals surface area contributed by atoms with Gasteiger partial charge in [-0.15, -0.1) is 15.3 Å². The Morgan fingerprint density at radius 2 is 1.61 bits per heavy atom. The number of para-hydroxylation sites is 2. The van der Waals surface area contributed by atoms with Gasteiger partial charge in [-0.05, 0) is 57.2 Å². The molecule has 0 fully saturated rings. The number of rotatable bonds is 8. The van der Waals surface area contributed by atoms with Gasteiger partial charge in [-0.3, -0.25) is 9.69 Å². The Morgan fingerprint density at radius 1 is 0.955 bits per heavy atom. The average Bonchev–Trinajstić information content (AvgIpc) is 3.65. The van der Waals surface area contributed by atoms with Crippen LogP contribution in [0.2, 0.25) is 0 Å². The third-order valence-electron chi connectivity index (χ3n) is 6.59. The number of hydrogen-bond acceptors (Lipinski definition) is 7. The van der Waals surface area contributed by atoms with Crippen molar-refractivity contribution in [1.29, 1.82) is 0 Å². The summed E-state index contributed by atoms with van der Waals surface area (Å²) in [5, 5.41) is 24.4. The predicted molar refractivity (Wildman–Crippen MR) is 157 cm³/mol. The summed E-state index contributed by atoms with van der Waals surface area (Å²) < 4.78 is 42.7. The molecule has 0 saturated carbocycles. The SMILES string of the molecule is COc1ccccc1-c1nnc(C(F)(F)c2ccc(C(=O)Nc3nn(-c4ccccc4)cc3N(C(=O)O)C(C)(C)C)cc2)o1. The number of anilines is 2. The van der Waals surface area contributed by atoms with E-state index in [4.69, 9.17) is 9.15 Å². The van der Waals surface area contributed by atoms with Gasteiger partial charge in [-0.25, -0.2) is 9.48 Å². The van der Waals surface area contributed by atoms with Gasteiger partial charge in [-0.2, -0.15) is 8.78 Å². The molecule has 0 aliphatic carbocycles. The van der Waals surface area contributed by atoms with Gasteiger partial charge in [0, 0.05) is 16.7 Å². The average molecular weight is 603 g/mol. The maximum Gasteiger partial charge on any atom is 0.412 e. The smallest absolute Gasteiger partial charge is 0.412 e. The van der Waals surface area contributed by atoms with Crippen molar-refractivity contribution in [2.45, 2.75) is 32.2 Å². The molecule has 44 heavy (non-hydrogen) atoms. The zero-order valence-electron chi connectivity index (χ0n) is 24.2. The van der Waals surface area contributed by atoms with Gasteiger partial charge < -0.3 is 19.6 Å². The Kier molecular flexibility index (Phi) is 7.87. The van der Waals surface area contributed by atoms with E-state index < -0.39 is 34.9 Å². The third kappa shape index (κ3) is 5.84. The van der Waals surface area contributed by atoms with Gasteiger partial charge in [0.25, 0.3) is 17.7 Å². The van der Waals surface area contributed by atoms with E-state index in [2.05, 4.69) is 20.6 Å². The number of nitrogens with one attached hydrogen (secondary N) is 1. The minimum atomic E-state index is -3.67. The molecular weight excluding hydrogens is 574 g/mol. The van der Waals surface area contributed by atoms with Gasteiger partial charge in [-0.1, -0.05) is 42.5 Å². The van der Waals surface area contributed by atoms with E-state index in [1.165, 1.54) is 30.1 Å². The highest BCUT2D eigenvalue weighted by molar-refractivity contribution is 6.06. The summed E-state index contributed by atoms with van der Waals surface area (Å²) >= 11 is 0. The molecule has 0 aliphatic heterocycles. The van der Waals surface area contributed by atoms with Crippen molar-refractivity contribution in [1.82, 2.24) is 20.0 Å². The molecule has 2 heterocycles. The molecule has 5 rings (SSSR count). The van der Waals surface area contributed by atoms with Crippen LogP contribution in [-0.4, -0.2) is 49.7 Å². The molecule has 0 saturated heterocycles. The van der Waals surface area contributed by atoms with Gasteiger partial charge in [0.15, 0.2) is 5.82 Å². The first-order valence-electron chi connectivity index (χ1n) is 13.4. The lowest BCUT2D eigenvalue weighted by molar-refractivity contribution is 0.0135. The van der Waals surface area contributed by atoms with Crippen LogP contribution in [0.5, 0.6) is 5.75 Å². The Morgan fingerprint density at radius 3 is 2.25 bits per heavy atom. The molecule has 5 aromatic rings. The lowest BCUT2D eigenvalue weighted by atomic mass is 10.1. The summed E-state index contributed by atoms with van der Waals surface area (Å²) in [6, 6.07) is 20.1. The van der Waals surface area contributed by atoms with Crippen molar-refractivity contribution in [2.24, 2.45) is 0 Å². The summed E-state index contributed by atoms with van der Waals surface area (Å²) in [5.41, 5.74) is -0.213. The van der Waals surface area contributed by atoms with E-state index >= 15 is 8.78 Å². The van der Waals surface area contributed by atoms with Crippen molar-refractivity contribution in [3.8, 4) is 22.9 Å². The number of carboxylic acid groups (broad SMARTS) is 1. The van der Waals surface area contributed by atoms with Crippen LogP contribution in [-0.2, 0) is 5.92 Å². The second kappa shape index (κ2) is 11.6. The van der Waals surface area contributed by atoms with E-state index in [1.54, 1.807) is 69.3 Å². The maximum atomic E-state index is 15.4. The molecule has 2 N–H and O–H groups in total. The number of nitrogens with zero attached hydrogens (tertiary/aromatic N) is 5. The molecule has 13 heteroatoms. The Labute approximate surface area is 250 Å². The van der Waals surface area contributed by atoms with Crippen molar-refractivity contribution in [2.75, 3.05) is 17.3 Å². The van der Waals surface area contributed by atoms with Crippen molar-refractivity contribution < 1.29 is 32.6 Å². The summed E-state index contributed by atoms with van der Waals surface area (Å²) in [6.45, 7) is 5.11. The monoisotopic (exact) mass is 602 g/mol. The minimum absolute atomic E-state index is 0.0275. The fourth-order valence-corrected chi connectivity index (χ4v) is 4.50. The molecule has 3 aromatic carbocycles. The van der Waals surface area contributed by atoms with Crippen LogP contribution in [0.3, 0.4) is 0 Å². The quantitative estimate of drug-likeness (QED) is 0.203. The maximum absolute atomic E-state index is 15.4. The van der Waals surface area contributed by atoms with Crippen LogP contribution in [0, 0.1) is 0 Å². The normalized spacial score (nSPS) is 11.7. The van der Waals surface area contributed by atoms with E-state index in [9.17, 15) is 14.7 Å². The summed E-state index contributed by atoms with van der Waals surface area (Å²) in [7, 11) is 1.44. The lowest BCUT2D eigenvalue weighted by Crippen LogP contribution is -2.45. The number of ether oxygens (including phenoxy) is 1. The molecule has 0 bridgehead atoms. The van der Waals surface area contributed by atoms with Crippen LogP contribution in [0.1, 0.15) is 42.6 Å². The van der Waals surface area contributed by atoms with Crippen LogP contribution in [0.4, 0.5) is 25.1 Å². The van der Waals surface area contributed by atoms with Gasteiger partial charge >= 0.3 is 12.0 Å². The Hall–Kier alpha value is -5.59. The number of benzene rings is 3. The Bertz CT molecular complexity index is 1800. The number of alkyl halides is 2. The zero-order valence-corrected chi connectivity index (χ0v) is 24.2. The van der Waals surface area contributed by atoms with Crippen LogP contribution < -0.4 is 15.0 Å².